The third-order valence-electron chi connectivity index (χ3n) is 3.97. The summed E-state index contributed by atoms with van der Waals surface area (Å²) in [7, 11) is 3.92. The Kier molecular flexibility index (Phi) is 7.66. The maximum Gasteiger partial charge on any atom is 0.330 e. The van der Waals surface area contributed by atoms with Crippen LogP contribution < -0.4 is 14.8 Å². The van der Waals surface area contributed by atoms with Gasteiger partial charge in [-0.1, -0.05) is 6.07 Å². The predicted molar refractivity (Wildman–Crippen MR) is 107 cm³/mol. The van der Waals surface area contributed by atoms with Crippen molar-refractivity contribution < 1.29 is 19.4 Å². The Morgan fingerprint density at radius 3 is 2.46 bits per heavy atom. The van der Waals surface area contributed by atoms with Gasteiger partial charge in [0, 0.05) is 12.2 Å². The molecule has 2 N–H and O–H groups in total. The van der Waals surface area contributed by atoms with E-state index >= 15 is 0 Å². The second kappa shape index (κ2) is 10.2. The molecule has 2 rings (SSSR count). The van der Waals surface area contributed by atoms with E-state index in [1.54, 1.807) is 42.5 Å². The first-order valence-corrected chi connectivity index (χ1v) is 8.98. The number of rotatable bonds is 10. The molecule has 0 fully saturated rings. The van der Waals surface area contributed by atoms with Gasteiger partial charge in [0.25, 0.3) is 0 Å². The molecule has 0 radical (unpaired) electrons. The molecule has 148 valence electrons. The van der Waals surface area contributed by atoms with Crippen LogP contribution in [0.5, 0.6) is 11.5 Å². The van der Waals surface area contributed by atoms with Gasteiger partial charge >= 0.3 is 5.97 Å². The van der Waals surface area contributed by atoms with Crippen molar-refractivity contribution in [2.75, 3.05) is 39.2 Å². The monoisotopic (exact) mass is 383 g/mol. The quantitative estimate of drug-likeness (QED) is 0.651. The third-order valence-corrected chi connectivity index (χ3v) is 3.97. The van der Waals surface area contributed by atoms with Gasteiger partial charge in [-0.3, -0.25) is 0 Å². The van der Waals surface area contributed by atoms with Gasteiger partial charge in [0.2, 0.25) is 0 Å². The van der Waals surface area contributed by atoms with E-state index in [4.69, 9.17) is 14.7 Å². The number of hydrogen-bond donors (Lipinski definition) is 2. The summed E-state index contributed by atoms with van der Waals surface area (Å²) in [5.74, 6) is 0.0645. The van der Waals surface area contributed by atoms with Crippen molar-refractivity contribution in [3.05, 3.63) is 53.6 Å². The van der Waals surface area contributed by atoms with E-state index in [0.717, 1.165) is 6.54 Å². The number of likely N-dealkylation sites (N-methyl/N-ethyl adjacent to an activating group) is 1. The first-order chi connectivity index (χ1) is 13.4. The Labute approximate surface area is 165 Å². The number of ether oxygens (including phenoxy) is 2. The lowest BCUT2D eigenvalue weighted by Gasteiger charge is -2.19. The molecule has 2 aromatic rings. The highest BCUT2D eigenvalue weighted by atomic mass is 16.5. The van der Waals surface area contributed by atoms with Gasteiger partial charge in [0.15, 0.2) is 17.5 Å². The molecule has 0 amide bonds. The van der Waals surface area contributed by atoms with E-state index in [-0.39, 0.29) is 0 Å². The van der Waals surface area contributed by atoms with Crippen LogP contribution in [0.2, 0.25) is 0 Å². The zero-order chi connectivity index (χ0) is 20.5. The van der Waals surface area contributed by atoms with Gasteiger partial charge in [-0.2, -0.15) is 5.26 Å². The zero-order valence-corrected chi connectivity index (χ0v) is 16.3. The Hall–Kier alpha value is -3.24. The number of aliphatic carboxylic acids is 1. The summed E-state index contributed by atoms with van der Waals surface area (Å²) in [4.78, 5) is 13.8. The fourth-order valence-electron chi connectivity index (χ4n) is 2.53. The summed E-state index contributed by atoms with van der Waals surface area (Å²) < 4.78 is 11.4. The van der Waals surface area contributed by atoms with Crippen molar-refractivity contribution in [2.24, 2.45) is 0 Å². The van der Waals surface area contributed by atoms with Crippen molar-refractivity contribution in [3.8, 4) is 17.6 Å². The molecule has 0 aliphatic rings. The number of carbonyl (C=O) groups is 1. The Balaban J connectivity index is 2.23. The van der Waals surface area contributed by atoms with Gasteiger partial charge < -0.3 is 24.8 Å². The maximum absolute atomic E-state index is 11.8. The van der Waals surface area contributed by atoms with E-state index < -0.39 is 12.0 Å². The van der Waals surface area contributed by atoms with Gasteiger partial charge in [0.05, 0.1) is 18.2 Å². The standard InChI is InChI=1S/C21H25N3O4/c1-4-27-19-13-16(7-10-18(19)28-12-11-24(2)3)20(21(25)26)23-17-8-5-15(14-22)6-9-17/h5-10,13,20,23H,4,11-12H2,1-3H3,(H,25,26). The fraction of sp³-hybridized carbons (Fsp3) is 0.333. The number of anilines is 1. The maximum atomic E-state index is 11.8. The number of carboxylic acids is 1. The summed E-state index contributed by atoms with van der Waals surface area (Å²) in [6.45, 7) is 3.55. The van der Waals surface area contributed by atoms with Crippen molar-refractivity contribution in [1.82, 2.24) is 4.90 Å². The molecule has 0 aliphatic heterocycles. The predicted octanol–water partition coefficient (Wildman–Crippen LogP) is 3.14. The lowest BCUT2D eigenvalue weighted by Crippen LogP contribution is -2.21. The van der Waals surface area contributed by atoms with Crippen LogP contribution in [0.4, 0.5) is 5.69 Å². The van der Waals surface area contributed by atoms with Crippen LogP contribution in [0.15, 0.2) is 42.5 Å². The van der Waals surface area contributed by atoms with Crippen LogP contribution >= 0.6 is 0 Å². The van der Waals surface area contributed by atoms with Gasteiger partial charge in [-0.15, -0.1) is 0 Å². The van der Waals surface area contributed by atoms with Crippen molar-refractivity contribution >= 4 is 11.7 Å². The minimum absolute atomic E-state index is 0.439. The first-order valence-electron chi connectivity index (χ1n) is 8.98. The van der Waals surface area contributed by atoms with Crippen LogP contribution in [0.1, 0.15) is 24.1 Å². The van der Waals surface area contributed by atoms with E-state index in [0.29, 0.717) is 41.5 Å². The second-order valence-electron chi connectivity index (χ2n) is 6.40. The highest BCUT2D eigenvalue weighted by molar-refractivity contribution is 5.79. The number of carboxylic acid groups (broad SMARTS) is 1. The molecule has 28 heavy (non-hydrogen) atoms. The van der Waals surface area contributed by atoms with Gasteiger partial charge in [-0.25, -0.2) is 4.79 Å². The SMILES string of the molecule is CCOc1cc(C(Nc2ccc(C#N)cc2)C(=O)O)ccc1OCCN(C)C. The summed E-state index contributed by atoms with van der Waals surface area (Å²) in [6.07, 6.45) is 0. The number of benzene rings is 2. The van der Waals surface area contributed by atoms with Crippen LogP contribution in [0.3, 0.4) is 0 Å². The lowest BCUT2D eigenvalue weighted by atomic mass is 10.1. The smallest absolute Gasteiger partial charge is 0.330 e. The third kappa shape index (κ3) is 5.89. The summed E-state index contributed by atoms with van der Waals surface area (Å²) >= 11 is 0. The number of hydrogen-bond acceptors (Lipinski definition) is 6. The molecule has 0 saturated carbocycles. The highest BCUT2D eigenvalue weighted by Crippen LogP contribution is 2.32. The number of nitriles is 1. The Bertz CT molecular complexity index is 829. The van der Waals surface area contributed by atoms with Crippen LogP contribution in [0, 0.1) is 11.3 Å². The molecule has 1 unspecified atom stereocenters. The topological polar surface area (TPSA) is 94.8 Å². The summed E-state index contributed by atoms with van der Waals surface area (Å²) in [5.41, 5.74) is 1.66. The normalized spacial score (nSPS) is 11.5. The second-order valence-corrected chi connectivity index (χ2v) is 6.40. The number of nitrogens with one attached hydrogen (secondary N) is 1. The number of nitrogens with zero attached hydrogens (tertiary/aromatic N) is 2. The Morgan fingerprint density at radius 2 is 1.89 bits per heavy atom. The minimum Gasteiger partial charge on any atom is -0.490 e. The summed E-state index contributed by atoms with van der Waals surface area (Å²) in [5, 5.41) is 21.6. The summed E-state index contributed by atoms with van der Waals surface area (Å²) in [6, 6.07) is 12.8. The largest absolute Gasteiger partial charge is 0.490 e. The van der Waals surface area contributed by atoms with Gasteiger partial charge in [0.1, 0.15) is 6.61 Å². The molecule has 7 heteroatoms. The van der Waals surface area contributed by atoms with E-state index in [9.17, 15) is 9.90 Å². The molecule has 0 spiro atoms. The molecule has 0 bridgehead atoms. The van der Waals surface area contributed by atoms with E-state index in [1.807, 2.05) is 32.0 Å². The first kappa shape index (κ1) is 21.1. The lowest BCUT2D eigenvalue weighted by molar-refractivity contribution is -0.138. The Morgan fingerprint density at radius 1 is 1.18 bits per heavy atom. The van der Waals surface area contributed by atoms with Gasteiger partial charge in [-0.05, 0) is 63.0 Å². The van der Waals surface area contributed by atoms with Crippen LogP contribution in [-0.2, 0) is 4.79 Å². The average Bonchev–Trinajstić information content (AvgIpc) is 2.67. The van der Waals surface area contributed by atoms with Crippen LogP contribution in [-0.4, -0.2) is 49.8 Å². The van der Waals surface area contributed by atoms with Crippen molar-refractivity contribution in [1.29, 1.82) is 5.26 Å². The van der Waals surface area contributed by atoms with E-state index in [1.165, 1.54) is 0 Å². The zero-order valence-electron chi connectivity index (χ0n) is 16.3. The highest BCUT2D eigenvalue weighted by Gasteiger charge is 2.21. The molecular formula is C21H25N3O4. The van der Waals surface area contributed by atoms with Crippen LogP contribution in [0.25, 0.3) is 0 Å². The van der Waals surface area contributed by atoms with Crippen molar-refractivity contribution in [3.63, 3.8) is 0 Å². The minimum atomic E-state index is -1.02. The molecule has 7 nitrogen and oxygen atoms in total. The molecule has 1 atom stereocenters. The molecule has 0 aromatic heterocycles. The molecule has 0 heterocycles. The average molecular weight is 383 g/mol. The van der Waals surface area contributed by atoms with Crippen molar-refractivity contribution in [2.45, 2.75) is 13.0 Å². The van der Waals surface area contributed by atoms with E-state index in [2.05, 4.69) is 5.32 Å². The molecule has 2 aromatic carbocycles. The fourth-order valence-corrected chi connectivity index (χ4v) is 2.53. The molecule has 0 aliphatic carbocycles. The molecular weight excluding hydrogens is 358 g/mol. The molecule has 0 saturated heterocycles.